The van der Waals surface area contributed by atoms with Gasteiger partial charge in [0.2, 0.25) is 5.91 Å². The summed E-state index contributed by atoms with van der Waals surface area (Å²) in [5, 5.41) is 6.96. The Balaban J connectivity index is 1.56. The second kappa shape index (κ2) is 7.00. The first kappa shape index (κ1) is 17.5. The Morgan fingerprint density at radius 2 is 2.08 bits per heavy atom. The molecule has 5 nitrogen and oxygen atoms in total. The highest BCUT2D eigenvalue weighted by molar-refractivity contribution is 7.09. The summed E-state index contributed by atoms with van der Waals surface area (Å²) in [4.78, 5) is 19.7. The van der Waals surface area contributed by atoms with Crippen LogP contribution in [0.2, 0.25) is 0 Å². The average Bonchev–Trinajstić information content (AvgIpc) is 3.38. The van der Waals surface area contributed by atoms with Gasteiger partial charge in [-0.3, -0.25) is 10.1 Å². The molecular formula is C20H25N3O2S. The lowest BCUT2D eigenvalue weighted by Gasteiger charge is -2.31. The van der Waals surface area contributed by atoms with Crippen LogP contribution in [0.15, 0.2) is 29.6 Å². The van der Waals surface area contributed by atoms with E-state index in [1.165, 1.54) is 12.8 Å². The van der Waals surface area contributed by atoms with Gasteiger partial charge in [-0.15, -0.1) is 11.3 Å². The molecule has 2 aromatic rings. The van der Waals surface area contributed by atoms with Crippen LogP contribution in [0.25, 0.3) is 0 Å². The molecular weight excluding hydrogens is 346 g/mol. The van der Waals surface area contributed by atoms with E-state index in [0.717, 1.165) is 41.4 Å². The summed E-state index contributed by atoms with van der Waals surface area (Å²) < 4.78 is 5.44. The van der Waals surface area contributed by atoms with Gasteiger partial charge in [-0.2, -0.15) is 0 Å². The molecule has 138 valence electrons. The predicted octanol–water partition coefficient (Wildman–Crippen LogP) is 3.62. The van der Waals surface area contributed by atoms with Gasteiger partial charge in [0.05, 0.1) is 24.4 Å². The lowest BCUT2D eigenvalue weighted by Crippen LogP contribution is -2.49. The van der Waals surface area contributed by atoms with E-state index >= 15 is 0 Å². The highest BCUT2D eigenvalue weighted by Crippen LogP contribution is 2.41. The molecule has 1 aromatic carbocycles. The van der Waals surface area contributed by atoms with E-state index in [4.69, 9.17) is 9.72 Å². The Morgan fingerprint density at radius 3 is 2.77 bits per heavy atom. The molecule has 1 atom stereocenters. The highest BCUT2D eigenvalue weighted by Gasteiger charge is 2.44. The van der Waals surface area contributed by atoms with E-state index in [0.29, 0.717) is 6.54 Å². The van der Waals surface area contributed by atoms with Crippen LogP contribution in [-0.2, 0) is 10.3 Å². The average molecular weight is 372 g/mol. The van der Waals surface area contributed by atoms with E-state index in [-0.39, 0.29) is 17.5 Å². The van der Waals surface area contributed by atoms with Crippen molar-refractivity contribution in [1.29, 1.82) is 0 Å². The zero-order chi connectivity index (χ0) is 18.1. The van der Waals surface area contributed by atoms with E-state index in [1.54, 1.807) is 18.4 Å². The fourth-order valence-corrected chi connectivity index (χ4v) is 5.23. The number of aryl methyl sites for hydroxylation is 1. The number of nitrogens with one attached hydrogen (secondary N) is 1. The predicted molar refractivity (Wildman–Crippen MR) is 104 cm³/mol. The molecule has 1 unspecified atom stereocenters. The number of hydrogen-bond donors (Lipinski definition) is 1. The molecule has 0 radical (unpaired) electrons. The summed E-state index contributed by atoms with van der Waals surface area (Å²) >= 11 is 1.71. The minimum Gasteiger partial charge on any atom is -0.495 e. The smallest absolute Gasteiger partial charge is 0.244 e. The topological polar surface area (TPSA) is 54.5 Å². The lowest BCUT2D eigenvalue weighted by molar-refractivity contribution is -0.119. The van der Waals surface area contributed by atoms with Gasteiger partial charge in [-0.1, -0.05) is 25.0 Å². The Morgan fingerprint density at radius 1 is 1.31 bits per heavy atom. The number of ether oxygens (including phenoxy) is 1. The second-order valence-corrected chi connectivity index (χ2v) is 8.09. The molecule has 0 bridgehead atoms. The molecule has 2 heterocycles. The number of benzene rings is 1. The van der Waals surface area contributed by atoms with Crippen molar-refractivity contribution in [2.24, 2.45) is 0 Å². The van der Waals surface area contributed by atoms with Gasteiger partial charge < -0.3 is 9.64 Å². The molecule has 26 heavy (non-hydrogen) atoms. The van der Waals surface area contributed by atoms with Crippen molar-refractivity contribution in [1.82, 2.24) is 10.3 Å². The molecule has 0 spiro atoms. The number of carbonyl (C=O) groups excluding carboxylic acids is 1. The summed E-state index contributed by atoms with van der Waals surface area (Å²) in [6.45, 7) is 2.75. The number of aromatic nitrogens is 1. The Labute approximate surface area is 158 Å². The van der Waals surface area contributed by atoms with Crippen LogP contribution in [0.4, 0.5) is 5.69 Å². The quantitative estimate of drug-likeness (QED) is 0.872. The summed E-state index contributed by atoms with van der Waals surface area (Å²) in [6.07, 6.45) is 5.28. The molecule has 2 fully saturated rings. The summed E-state index contributed by atoms with van der Waals surface area (Å²) in [6, 6.07) is 7.57. The number of rotatable bonds is 5. The van der Waals surface area contributed by atoms with Crippen molar-refractivity contribution in [2.75, 3.05) is 18.6 Å². The number of carbonyl (C=O) groups is 1. The standard InChI is InChI=1S/C20H25N3O2S/c1-14-13-26-19(21-14)20(10-5-6-11-20)22-15-9-12-23(18(15)24)16-7-3-4-8-17(16)25-2/h3-4,7-8,13,15,22H,5-6,9-12H2,1-2H3. The van der Waals surface area contributed by atoms with Crippen molar-refractivity contribution in [3.63, 3.8) is 0 Å². The van der Waals surface area contributed by atoms with E-state index in [1.807, 2.05) is 36.1 Å². The maximum absolute atomic E-state index is 13.1. The lowest BCUT2D eigenvalue weighted by atomic mass is 9.96. The molecule has 2 aliphatic rings. The molecule has 1 N–H and O–H groups in total. The first-order valence-corrected chi connectivity index (χ1v) is 10.2. The van der Waals surface area contributed by atoms with Gasteiger partial charge in [0.15, 0.2) is 0 Å². The summed E-state index contributed by atoms with van der Waals surface area (Å²) in [5.74, 6) is 0.877. The summed E-state index contributed by atoms with van der Waals surface area (Å²) in [5.41, 5.74) is 1.78. The van der Waals surface area contributed by atoms with Gasteiger partial charge in [0.25, 0.3) is 0 Å². The Kier molecular flexibility index (Phi) is 4.71. The SMILES string of the molecule is COc1ccccc1N1CCC(NC2(c3nc(C)cs3)CCCC2)C1=O. The van der Waals surface area contributed by atoms with Crippen molar-refractivity contribution in [3.8, 4) is 5.75 Å². The second-order valence-electron chi connectivity index (χ2n) is 7.23. The van der Waals surface area contributed by atoms with Crippen LogP contribution < -0.4 is 15.0 Å². The van der Waals surface area contributed by atoms with Gasteiger partial charge in [0, 0.05) is 17.6 Å². The Hall–Kier alpha value is -1.92. The zero-order valence-corrected chi connectivity index (χ0v) is 16.1. The van der Waals surface area contributed by atoms with Gasteiger partial charge in [-0.25, -0.2) is 4.98 Å². The molecule has 1 saturated heterocycles. The van der Waals surface area contributed by atoms with Crippen LogP contribution in [-0.4, -0.2) is 30.6 Å². The first-order chi connectivity index (χ1) is 12.6. The van der Waals surface area contributed by atoms with E-state index in [2.05, 4.69) is 10.7 Å². The molecule has 4 rings (SSSR count). The van der Waals surface area contributed by atoms with Crippen LogP contribution in [0.3, 0.4) is 0 Å². The third kappa shape index (κ3) is 3.01. The van der Waals surface area contributed by atoms with E-state index in [9.17, 15) is 4.79 Å². The van der Waals surface area contributed by atoms with Crippen molar-refractivity contribution >= 4 is 22.9 Å². The Bertz CT molecular complexity index is 798. The van der Waals surface area contributed by atoms with Crippen molar-refractivity contribution in [2.45, 2.75) is 50.6 Å². The molecule has 1 amide bonds. The fourth-order valence-electron chi connectivity index (χ4n) is 4.21. The van der Waals surface area contributed by atoms with Gasteiger partial charge in [0.1, 0.15) is 10.8 Å². The minimum atomic E-state index is -0.165. The van der Waals surface area contributed by atoms with Crippen molar-refractivity contribution < 1.29 is 9.53 Å². The maximum atomic E-state index is 13.1. The first-order valence-electron chi connectivity index (χ1n) is 9.28. The number of methoxy groups -OCH3 is 1. The molecule has 1 aliphatic carbocycles. The normalized spacial score (nSPS) is 22.2. The number of para-hydroxylation sites is 2. The van der Waals surface area contributed by atoms with Gasteiger partial charge >= 0.3 is 0 Å². The van der Waals surface area contributed by atoms with Crippen LogP contribution in [0.1, 0.15) is 42.8 Å². The van der Waals surface area contributed by atoms with Crippen LogP contribution in [0, 0.1) is 6.92 Å². The van der Waals surface area contributed by atoms with Gasteiger partial charge in [-0.05, 0) is 38.3 Å². The highest BCUT2D eigenvalue weighted by atomic mass is 32.1. The fraction of sp³-hybridized carbons (Fsp3) is 0.500. The van der Waals surface area contributed by atoms with E-state index < -0.39 is 0 Å². The molecule has 6 heteroatoms. The molecule has 1 aromatic heterocycles. The summed E-state index contributed by atoms with van der Waals surface area (Å²) in [7, 11) is 1.65. The zero-order valence-electron chi connectivity index (χ0n) is 15.3. The third-order valence-electron chi connectivity index (χ3n) is 5.52. The minimum absolute atomic E-state index is 0.133. The maximum Gasteiger partial charge on any atom is 0.244 e. The largest absolute Gasteiger partial charge is 0.495 e. The number of nitrogens with zero attached hydrogens (tertiary/aromatic N) is 2. The van der Waals surface area contributed by atoms with Crippen molar-refractivity contribution in [3.05, 3.63) is 40.3 Å². The third-order valence-corrected chi connectivity index (χ3v) is 6.68. The van der Waals surface area contributed by atoms with Crippen LogP contribution in [0.5, 0.6) is 5.75 Å². The number of anilines is 1. The number of amides is 1. The van der Waals surface area contributed by atoms with Crippen LogP contribution >= 0.6 is 11.3 Å². The molecule has 1 saturated carbocycles. The number of thiazole rings is 1. The number of hydrogen-bond acceptors (Lipinski definition) is 5. The molecule has 1 aliphatic heterocycles. The monoisotopic (exact) mass is 371 g/mol.